The van der Waals surface area contributed by atoms with Crippen molar-refractivity contribution in [3.8, 4) is 12.3 Å². The maximum Gasteiger partial charge on any atom is 0.328 e. The zero-order valence-corrected chi connectivity index (χ0v) is 51.5. The van der Waals surface area contributed by atoms with Crippen LogP contribution < -0.4 is 0 Å². The van der Waals surface area contributed by atoms with E-state index < -0.39 is 308 Å². The third-order valence-electron chi connectivity index (χ3n) is 25.6. The molecule has 0 unspecified atom stereocenters. The van der Waals surface area contributed by atoms with Gasteiger partial charge in [-0.1, -0.05) is 5.92 Å². The van der Waals surface area contributed by atoms with Crippen molar-refractivity contribution < 1.29 is 81.4 Å². The molecule has 24 fully saturated rings. The zero-order valence-electron chi connectivity index (χ0n) is 51.5. The summed E-state index contributed by atoms with van der Waals surface area (Å²) in [5.41, 5.74) is 0. The molecule has 0 radical (unpaired) electrons. The maximum atomic E-state index is 15.9. The number of rotatable bonds is 2. The van der Waals surface area contributed by atoms with Gasteiger partial charge in [0.25, 0.3) is 5.85 Å². The second-order valence-electron chi connectivity index (χ2n) is 29.0. The second-order valence-corrected chi connectivity index (χ2v) is 29.0. The molecule has 0 aliphatic carbocycles. The Bertz CT molecular complexity index is 4130. The summed E-state index contributed by atoms with van der Waals surface area (Å²) >= 11 is 0. The van der Waals surface area contributed by atoms with Crippen LogP contribution in [-0.2, 0) is 4.74 Å². The molecule has 0 aromatic heterocycles. The lowest BCUT2D eigenvalue weighted by Gasteiger charge is -2.47. The van der Waals surface area contributed by atoms with E-state index >= 15 is 76.7 Å². The van der Waals surface area contributed by atoms with Gasteiger partial charge >= 0.3 is 96.5 Å². The van der Waals surface area contributed by atoms with E-state index in [1.54, 1.807) is 0 Å². The van der Waals surface area contributed by atoms with Crippen LogP contribution in [-0.4, -0.2) is 465 Å². The van der Waals surface area contributed by atoms with E-state index in [1.165, 1.54) is 137 Å². The monoisotopic (exact) mass is 1380 g/mol. The van der Waals surface area contributed by atoms with Gasteiger partial charge in [-0.05, 0) is 0 Å². The Morgan fingerprint density at radius 2 is 0.350 bits per heavy atom. The Kier molecular flexibility index (Phi) is 8.32. The van der Waals surface area contributed by atoms with Crippen molar-refractivity contribution in [3.05, 3.63) is 0 Å². The van der Waals surface area contributed by atoms with Crippen molar-refractivity contribution >= 4 is 96.5 Å². The predicted octanol–water partition coefficient (Wildman–Crippen LogP) is -7.57. The standard InChI is InChI=1S/C51H50N32O17/c1-2-3-100-51-34-80-16-76-31-30-72(45(76)94)12-68-27-26-64(41(68)90)8-60-23-22-56(37(60)86)4-52-20-21-54(35(52)84)6-58-24-25-62(39(58)88)10-66-28-29-70(43(66)92)14-74-32-33(78(47(74)96)18-82(51)49(80)98)79-19-83(51)50(99)81(34)17-77(31)46(95)73(30)13-69(27)42(91)65(26)9-61(23)38(87)57(22)5-53(20)36(85)55(21)7-59(24)40(89)63(25)11-67(28)44(93)71(29)15-75(32)48(79)97/h1,20-34H,3-19H2. The normalized spacial score (nSPS) is 39.9. The largest absolute Gasteiger partial charge is 0.328 e. The van der Waals surface area contributed by atoms with Crippen molar-refractivity contribution in [1.82, 2.24) is 157 Å². The van der Waals surface area contributed by atoms with Crippen LogP contribution in [0.3, 0.4) is 0 Å². The number of terminal acetylenes is 1. The molecule has 0 bridgehead atoms. The number of hydrogen-bond acceptors (Lipinski definition) is 17. The number of carbonyl (C=O) groups is 16. The highest BCUT2D eigenvalue weighted by Crippen LogP contribution is 2.55. The summed E-state index contributed by atoms with van der Waals surface area (Å²) in [6, 6.07) is -12.8. The molecule has 32 amide bonds. The molecule has 0 N–H and O–H groups in total. The molecule has 0 aromatic rings. The van der Waals surface area contributed by atoms with Gasteiger partial charge in [0.1, 0.15) is 113 Å². The van der Waals surface area contributed by atoms with Gasteiger partial charge in [0.05, 0.1) is 0 Å². The van der Waals surface area contributed by atoms with E-state index in [9.17, 15) is 0 Å². The van der Waals surface area contributed by atoms with E-state index in [0.29, 0.717) is 0 Å². The number of ether oxygens (including phenoxy) is 1. The molecule has 24 heterocycles. The molecule has 100 heavy (non-hydrogen) atoms. The molecule has 0 saturated carbocycles. The van der Waals surface area contributed by atoms with Gasteiger partial charge in [0.15, 0.2) is 92.5 Å². The van der Waals surface area contributed by atoms with Crippen LogP contribution in [0.25, 0.3) is 0 Å². The Morgan fingerprint density at radius 3 is 0.490 bits per heavy atom. The first-order chi connectivity index (χ1) is 48.2. The fraction of sp³-hybridized carbons (Fsp3) is 0.647. The molecule has 0 spiro atoms. The maximum absolute atomic E-state index is 15.9. The van der Waals surface area contributed by atoms with Crippen LogP contribution in [0.5, 0.6) is 0 Å². The summed E-state index contributed by atoms with van der Waals surface area (Å²) in [5, 5.41) is 0. The quantitative estimate of drug-likeness (QED) is 0.232. The zero-order chi connectivity index (χ0) is 67.3. The Morgan fingerprint density at radius 1 is 0.220 bits per heavy atom. The first kappa shape index (κ1) is 53.0. The number of hydrogen-bond donors (Lipinski definition) is 0. The molecule has 49 nitrogen and oxygen atoms in total. The lowest BCUT2D eigenvalue weighted by molar-refractivity contribution is -0.227. The Labute approximate surface area is 557 Å². The lowest BCUT2D eigenvalue weighted by Crippen LogP contribution is -2.69. The molecule has 24 aliphatic heterocycles. The average molecular weight is 1380 g/mol. The number of amides is 32. The minimum absolute atomic E-state index is 0.571. The third kappa shape index (κ3) is 5.02. The van der Waals surface area contributed by atoms with Crippen molar-refractivity contribution in [3.63, 3.8) is 0 Å². The van der Waals surface area contributed by atoms with Crippen LogP contribution in [0, 0.1) is 12.3 Å². The lowest BCUT2D eigenvalue weighted by atomic mass is 10.2. The molecule has 49 heteroatoms. The third-order valence-corrected chi connectivity index (χ3v) is 25.6. The molecule has 24 rings (SSSR count). The number of carbonyl (C=O) groups excluding carboxylic acids is 16. The van der Waals surface area contributed by atoms with E-state index in [1.807, 2.05) is 0 Å². The summed E-state index contributed by atoms with van der Waals surface area (Å²) < 4.78 is 6.62. The van der Waals surface area contributed by atoms with Gasteiger partial charge < -0.3 is 4.74 Å². The fourth-order valence-electron chi connectivity index (χ4n) is 21.7. The summed E-state index contributed by atoms with van der Waals surface area (Å²) in [6.07, 6.45) is -14.2. The fourth-order valence-corrected chi connectivity index (χ4v) is 21.7. The predicted molar refractivity (Wildman–Crippen MR) is 297 cm³/mol. The van der Waals surface area contributed by atoms with E-state index in [0.717, 1.165) is 19.6 Å². The summed E-state index contributed by atoms with van der Waals surface area (Å²) in [7, 11) is 0. The van der Waals surface area contributed by atoms with Crippen molar-refractivity contribution in [1.29, 1.82) is 0 Å². The van der Waals surface area contributed by atoms with Gasteiger partial charge in [-0.2, -0.15) is 0 Å². The Balaban J connectivity index is 0.668. The first-order valence-electron chi connectivity index (χ1n) is 32.5. The molecule has 0 aromatic carbocycles. The van der Waals surface area contributed by atoms with Crippen LogP contribution >= 0.6 is 0 Å². The molecule has 24 aliphatic rings. The molecule has 24 saturated heterocycles. The van der Waals surface area contributed by atoms with Gasteiger partial charge in [0.2, 0.25) is 0 Å². The summed E-state index contributed by atoms with van der Waals surface area (Å²) in [5.74, 6) is 0.0300. The second kappa shape index (κ2) is 15.7. The summed E-state index contributed by atoms with van der Waals surface area (Å²) in [4.78, 5) is 290. The van der Waals surface area contributed by atoms with Crippen molar-refractivity contribution in [2.75, 3.05) is 113 Å². The smallest absolute Gasteiger partial charge is 0.321 e. The molecule has 0 atom stereocenters. The highest BCUT2D eigenvalue weighted by Gasteiger charge is 2.80. The average Bonchev–Trinajstić information content (AvgIpc) is 1.61. The van der Waals surface area contributed by atoms with Gasteiger partial charge in [-0.25, -0.2) is 76.7 Å². The highest BCUT2D eigenvalue weighted by molar-refractivity contribution is 5.97. The van der Waals surface area contributed by atoms with Crippen molar-refractivity contribution in [2.24, 2.45) is 0 Å². The topological polar surface area (TPSA) is 386 Å². The van der Waals surface area contributed by atoms with E-state index in [-0.39, 0.29) is 0 Å². The number of nitrogens with zero attached hydrogens (tertiary/aromatic N) is 32. The van der Waals surface area contributed by atoms with Gasteiger partial charge in [0, 0.05) is 0 Å². The Hall–Kier alpha value is -12.2. The summed E-state index contributed by atoms with van der Waals surface area (Å²) in [6.45, 7) is -10.5. The molecular weight excluding hydrogens is 1330 g/mol. The van der Waals surface area contributed by atoms with Crippen molar-refractivity contribution in [2.45, 2.75) is 98.3 Å². The van der Waals surface area contributed by atoms with Gasteiger partial charge in [-0.15, -0.1) is 6.42 Å². The van der Waals surface area contributed by atoms with E-state index in [2.05, 4.69) is 5.92 Å². The van der Waals surface area contributed by atoms with E-state index in [4.69, 9.17) is 11.2 Å². The first-order valence-corrected chi connectivity index (χ1v) is 32.5. The SMILES string of the molecule is C#CCOC12C3N4CN5C(=O)N6CN7C(=O)N8CN9C(=O)N%10CN%11C(=O)N%12CN%13C(=O)N%14CN%15C(=O)N%16CN%17C(=O)N(CN1C4=O)C1C%17N4CN%17C(=O)N(CN%18C(=O)N(CN%19C(=O)N(CN%20C(=O)N(CN%21C(=O)N(CN%22C(=O)N(CN3C(=O)N2CN1C4=O)C5C6%22)C7C8%21)C9C%10%20)C%11C%12%19)C%13C%14%18)C%15C%16%17. The van der Waals surface area contributed by atoms with Crippen LogP contribution in [0.2, 0.25) is 0 Å². The van der Waals surface area contributed by atoms with Crippen LogP contribution in [0.1, 0.15) is 0 Å². The minimum atomic E-state index is -2.37. The molecular formula is C51H50N32O17. The molecule has 516 valence electrons. The van der Waals surface area contributed by atoms with Crippen LogP contribution in [0.15, 0.2) is 0 Å². The number of urea groups is 16. The highest BCUT2D eigenvalue weighted by atomic mass is 16.6. The minimum Gasteiger partial charge on any atom is -0.321 e. The van der Waals surface area contributed by atoms with Gasteiger partial charge in [-0.3, -0.25) is 157 Å². The van der Waals surface area contributed by atoms with Crippen LogP contribution in [0.4, 0.5) is 76.7 Å².